The number of nitrogens with zero attached hydrogens (tertiary/aromatic N) is 4. The highest BCUT2D eigenvalue weighted by molar-refractivity contribution is 5.78. The summed E-state index contributed by atoms with van der Waals surface area (Å²) in [4.78, 5) is 24.2. The van der Waals surface area contributed by atoms with Gasteiger partial charge in [0.15, 0.2) is 0 Å². The summed E-state index contributed by atoms with van der Waals surface area (Å²) in [7, 11) is 3.52. The second kappa shape index (κ2) is 8.16. The Morgan fingerprint density at radius 1 is 1.15 bits per heavy atom. The van der Waals surface area contributed by atoms with Crippen molar-refractivity contribution in [2.45, 2.75) is 56.4 Å². The van der Waals surface area contributed by atoms with E-state index in [1.165, 1.54) is 5.56 Å². The highest BCUT2D eigenvalue weighted by atomic mass is 19.4. The van der Waals surface area contributed by atoms with Crippen LogP contribution in [0.1, 0.15) is 60.9 Å². The van der Waals surface area contributed by atoms with Crippen LogP contribution in [0.2, 0.25) is 0 Å². The van der Waals surface area contributed by atoms with Crippen molar-refractivity contribution in [1.82, 2.24) is 19.8 Å². The van der Waals surface area contributed by atoms with Crippen LogP contribution in [0.15, 0.2) is 24.4 Å². The number of aromatic nitrogens is 2. The van der Waals surface area contributed by atoms with Crippen LogP contribution in [-0.4, -0.2) is 52.4 Å². The van der Waals surface area contributed by atoms with Crippen LogP contribution in [0.4, 0.5) is 30.6 Å². The van der Waals surface area contributed by atoms with Crippen LogP contribution in [-0.2, 0) is 11.0 Å². The zero-order chi connectivity index (χ0) is 23.3. The van der Waals surface area contributed by atoms with Gasteiger partial charge in [0.1, 0.15) is 11.4 Å². The van der Waals surface area contributed by atoms with E-state index < -0.39 is 11.7 Å². The van der Waals surface area contributed by atoms with Crippen molar-refractivity contribution in [2.24, 2.45) is 0 Å². The fourth-order valence-electron chi connectivity index (χ4n) is 4.93. The molecule has 2 N–H and O–H groups in total. The molecule has 2 aliphatic heterocycles. The Morgan fingerprint density at radius 3 is 2.52 bits per heavy atom. The summed E-state index contributed by atoms with van der Waals surface area (Å²) in [5.41, 5.74) is 2.23. The molecule has 1 aromatic heterocycles. The number of rotatable bonds is 6. The molecule has 1 amide bonds. The summed E-state index contributed by atoms with van der Waals surface area (Å²) < 4.78 is 40.3. The fraction of sp³-hybridized carbons (Fsp3) is 0.522. The summed E-state index contributed by atoms with van der Waals surface area (Å²) in [6, 6.07) is 6.34. The Balaban J connectivity index is 1.37. The van der Waals surface area contributed by atoms with Crippen molar-refractivity contribution in [3.63, 3.8) is 0 Å². The van der Waals surface area contributed by atoms with E-state index in [0.29, 0.717) is 6.54 Å². The quantitative estimate of drug-likeness (QED) is 0.662. The van der Waals surface area contributed by atoms with Crippen molar-refractivity contribution in [1.29, 1.82) is 0 Å². The summed E-state index contributed by atoms with van der Waals surface area (Å²) in [5.74, 6) is 0.00793. The zero-order valence-corrected chi connectivity index (χ0v) is 18.6. The van der Waals surface area contributed by atoms with Gasteiger partial charge in [-0.1, -0.05) is 6.07 Å². The third-order valence-corrected chi connectivity index (χ3v) is 6.93. The highest BCUT2D eigenvalue weighted by Gasteiger charge is 2.44. The molecular weight excluding hydrogens is 433 g/mol. The van der Waals surface area contributed by atoms with Gasteiger partial charge in [-0.2, -0.15) is 18.2 Å². The number of hydrogen-bond donors (Lipinski definition) is 2. The SMILES string of the molecule is CN(C)C(=O)CN1C2CCC1c1cc(Nc3ncc(C(F)(F)F)c(NC4CCC4)n3)ccc12. The van der Waals surface area contributed by atoms with Crippen LogP contribution in [0.25, 0.3) is 0 Å². The lowest BCUT2D eigenvalue weighted by molar-refractivity contribution is -0.137. The number of fused-ring (bicyclic) bond motifs is 5. The first-order valence-electron chi connectivity index (χ1n) is 11.3. The molecule has 0 spiro atoms. The number of alkyl halides is 3. The van der Waals surface area contributed by atoms with E-state index in [4.69, 9.17) is 0 Å². The van der Waals surface area contributed by atoms with Gasteiger partial charge in [0.25, 0.3) is 0 Å². The molecule has 176 valence electrons. The van der Waals surface area contributed by atoms with Gasteiger partial charge in [-0.3, -0.25) is 9.69 Å². The first-order valence-corrected chi connectivity index (χ1v) is 11.3. The molecule has 2 aromatic rings. The summed E-state index contributed by atoms with van der Waals surface area (Å²) in [5, 5.41) is 5.99. The van der Waals surface area contributed by atoms with Crippen molar-refractivity contribution in [3.05, 3.63) is 41.1 Å². The monoisotopic (exact) mass is 460 g/mol. The van der Waals surface area contributed by atoms with E-state index >= 15 is 0 Å². The summed E-state index contributed by atoms with van der Waals surface area (Å²) in [6.07, 6.45) is 0.987. The molecule has 1 saturated carbocycles. The van der Waals surface area contributed by atoms with Gasteiger partial charge in [-0.15, -0.1) is 0 Å². The number of benzene rings is 1. The molecule has 0 radical (unpaired) electrons. The predicted molar refractivity (Wildman–Crippen MR) is 118 cm³/mol. The Kier molecular flexibility index (Phi) is 5.43. The minimum absolute atomic E-state index is 0.0141. The lowest BCUT2D eigenvalue weighted by Crippen LogP contribution is -2.34. The Labute approximate surface area is 190 Å². The molecule has 1 saturated heterocycles. The molecule has 2 atom stereocenters. The number of anilines is 3. The van der Waals surface area contributed by atoms with Gasteiger partial charge in [-0.05, 0) is 55.4 Å². The van der Waals surface area contributed by atoms with Crippen LogP contribution in [0, 0.1) is 0 Å². The highest BCUT2D eigenvalue weighted by Crippen LogP contribution is 2.53. The average Bonchev–Trinajstić information content (AvgIpc) is 3.25. The number of amides is 1. The number of carbonyl (C=O) groups is 1. The lowest BCUT2D eigenvalue weighted by atomic mass is 9.91. The number of carbonyl (C=O) groups excluding carboxylic acids is 1. The van der Waals surface area contributed by atoms with Crippen molar-refractivity contribution in [3.8, 4) is 0 Å². The van der Waals surface area contributed by atoms with E-state index in [9.17, 15) is 18.0 Å². The third-order valence-electron chi connectivity index (χ3n) is 6.93. The molecule has 10 heteroatoms. The largest absolute Gasteiger partial charge is 0.421 e. The minimum Gasteiger partial charge on any atom is -0.367 e. The van der Waals surface area contributed by atoms with Gasteiger partial charge < -0.3 is 15.5 Å². The maximum Gasteiger partial charge on any atom is 0.421 e. The van der Waals surface area contributed by atoms with Crippen LogP contribution in [0.3, 0.4) is 0 Å². The number of likely N-dealkylation sites (N-methyl/N-ethyl adjacent to an activating group) is 1. The first-order chi connectivity index (χ1) is 15.7. The fourth-order valence-corrected chi connectivity index (χ4v) is 4.93. The van der Waals surface area contributed by atoms with Gasteiger partial charge in [0, 0.05) is 44.1 Å². The van der Waals surface area contributed by atoms with E-state index in [1.807, 2.05) is 18.2 Å². The molecule has 2 fully saturated rings. The first kappa shape index (κ1) is 21.9. The van der Waals surface area contributed by atoms with E-state index in [2.05, 4.69) is 25.5 Å². The van der Waals surface area contributed by atoms with Gasteiger partial charge in [-0.25, -0.2) is 4.98 Å². The Morgan fingerprint density at radius 2 is 1.88 bits per heavy atom. The summed E-state index contributed by atoms with van der Waals surface area (Å²) >= 11 is 0. The summed E-state index contributed by atoms with van der Waals surface area (Å²) in [6.45, 7) is 0.373. The molecule has 2 unspecified atom stereocenters. The maximum absolute atomic E-state index is 13.4. The molecule has 3 heterocycles. The maximum atomic E-state index is 13.4. The predicted octanol–water partition coefficient (Wildman–Crippen LogP) is 4.48. The second-order valence-corrected chi connectivity index (χ2v) is 9.26. The van der Waals surface area contributed by atoms with Crippen molar-refractivity contribution >= 4 is 23.4 Å². The minimum atomic E-state index is -4.52. The topological polar surface area (TPSA) is 73.4 Å². The molecule has 1 aliphatic carbocycles. The van der Waals surface area contributed by atoms with Gasteiger partial charge >= 0.3 is 6.18 Å². The van der Waals surface area contributed by atoms with Crippen LogP contribution >= 0.6 is 0 Å². The van der Waals surface area contributed by atoms with Crippen LogP contribution in [0.5, 0.6) is 0 Å². The Hall–Kier alpha value is -2.88. The normalized spacial score (nSPS) is 22.1. The lowest BCUT2D eigenvalue weighted by Gasteiger charge is -2.28. The molecule has 33 heavy (non-hydrogen) atoms. The molecule has 5 rings (SSSR count). The van der Waals surface area contributed by atoms with Gasteiger partial charge in [0.2, 0.25) is 11.9 Å². The van der Waals surface area contributed by atoms with Crippen LogP contribution < -0.4 is 10.6 Å². The molecular formula is C23H27F3N6O. The smallest absolute Gasteiger partial charge is 0.367 e. The second-order valence-electron chi connectivity index (χ2n) is 9.26. The Bertz CT molecular complexity index is 1070. The van der Waals surface area contributed by atoms with Gasteiger partial charge in [0.05, 0.1) is 6.54 Å². The third kappa shape index (κ3) is 4.12. The van der Waals surface area contributed by atoms with E-state index in [0.717, 1.165) is 49.6 Å². The molecule has 1 aromatic carbocycles. The van der Waals surface area contributed by atoms with Crippen molar-refractivity contribution in [2.75, 3.05) is 31.3 Å². The average molecular weight is 461 g/mol. The molecule has 2 bridgehead atoms. The molecule has 3 aliphatic rings. The van der Waals surface area contributed by atoms with E-state index in [-0.39, 0.29) is 35.8 Å². The van der Waals surface area contributed by atoms with E-state index in [1.54, 1.807) is 19.0 Å². The number of nitrogens with one attached hydrogen (secondary N) is 2. The standard InChI is InChI=1S/C23H27F3N6O/c1-31(2)20(33)12-32-18-8-9-19(32)16-10-14(6-7-15(16)18)29-22-27-11-17(23(24,25)26)21(30-22)28-13-4-3-5-13/h6-7,10-11,13,18-19H,3-5,8-9,12H2,1-2H3,(H2,27,28,29,30). The zero-order valence-electron chi connectivity index (χ0n) is 18.6. The molecule has 7 nitrogen and oxygen atoms in total. The number of halogens is 3. The number of hydrogen-bond acceptors (Lipinski definition) is 6. The van der Waals surface area contributed by atoms with Crippen molar-refractivity contribution < 1.29 is 18.0 Å².